The van der Waals surface area contributed by atoms with Gasteiger partial charge < -0.3 is 9.79 Å². The smallest absolute Gasteiger partial charge is 0.321 e. The van der Waals surface area contributed by atoms with E-state index in [0.29, 0.717) is 10.7 Å². The number of nitrogens with zero attached hydrogens (tertiary/aromatic N) is 1. The third kappa shape index (κ3) is 4.85. The standard InChI is InChI=1S/C13H13N2O5PS/c16-12-11(22-10-5-2-1-3-6-10)9-15(13(17)14-12)7-4-8-21(18,19)20/h1-6,8-9H,7H2,(H,14,16,17)(H2,18,19,20)/b8-4+. The molecular formula is C13H13N2O5PS. The van der Waals surface area contributed by atoms with E-state index >= 15 is 0 Å². The van der Waals surface area contributed by atoms with Crippen molar-refractivity contribution in [2.24, 2.45) is 0 Å². The normalized spacial score (nSPS) is 11.9. The van der Waals surface area contributed by atoms with Crippen molar-refractivity contribution < 1.29 is 14.4 Å². The number of H-pyrrole nitrogens is 1. The maximum atomic E-state index is 11.8. The molecule has 0 aliphatic rings. The van der Waals surface area contributed by atoms with Gasteiger partial charge in [-0.25, -0.2) is 4.79 Å². The molecule has 0 aliphatic heterocycles. The molecule has 1 aromatic carbocycles. The minimum atomic E-state index is -4.27. The van der Waals surface area contributed by atoms with Gasteiger partial charge in [0.15, 0.2) is 0 Å². The second kappa shape index (κ2) is 6.93. The number of hydrogen-bond donors (Lipinski definition) is 3. The summed E-state index contributed by atoms with van der Waals surface area (Å²) < 4.78 is 11.9. The highest BCUT2D eigenvalue weighted by Gasteiger charge is 2.08. The SMILES string of the molecule is O=c1[nH]c(=O)n(C/C=C/P(=O)(O)O)cc1Sc1ccccc1. The Morgan fingerprint density at radius 3 is 2.55 bits per heavy atom. The van der Waals surface area contributed by atoms with Crippen LogP contribution in [0.5, 0.6) is 0 Å². The molecule has 0 spiro atoms. The zero-order valence-corrected chi connectivity index (χ0v) is 13.0. The van der Waals surface area contributed by atoms with Crippen LogP contribution in [0.25, 0.3) is 0 Å². The first-order valence-corrected chi connectivity index (χ1v) is 8.64. The maximum Gasteiger partial charge on any atom is 0.348 e. The van der Waals surface area contributed by atoms with Gasteiger partial charge in [0.05, 0.1) is 4.90 Å². The first kappa shape index (κ1) is 16.5. The van der Waals surface area contributed by atoms with Gasteiger partial charge in [-0.1, -0.05) is 36.0 Å². The highest BCUT2D eigenvalue weighted by atomic mass is 32.2. The summed E-state index contributed by atoms with van der Waals surface area (Å²) >= 11 is 1.19. The van der Waals surface area contributed by atoms with Crippen LogP contribution >= 0.6 is 19.4 Å². The molecule has 7 nitrogen and oxygen atoms in total. The minimum absolute atomic E-state index is 0.0525. The number of benzene rings is 1. The van der Waals surface area contributed by atoms with Crippen LogP contribution in [-0.2, 0) is 11.1 Å². The Morgan fingerprint density at radius 2 is 1.91 bits per heavy atom. The number of allylic oxidation sites excluding steroid dienone is 1. The molecule has 0 saturated heterocycles. The molecule has 1 heterocycles. The average molecular weight is 340 g/mol. The highest BCUT2D eigenvalue weighted by Crippen LogP contribution is 2.35. The second-order valence-electron chi connectivity index (χ2n) is 4.29. The van der Waals surface area contributed by atoms with Gasteiger partial charge in [0.2, 0.25) is 0 Å². The predicted octanol–water partition coefficient (Wildman–Crippen LogP) is 1.38. The van der Waals surface area contributed by atoms with Crippen molar-refractivity contribution in [2.45, 2.75) is 16.3 Å². The quantitative estimate of drug-likeness (QED) is 0.709. The fourth-order valence-corrected chi connectivity index (χ4v) is 2.85. The molecule has 0 atom stereocenters. The van der Waals surface area contributed by atoms with E-state index in [0.717, 1.165) is 4.90 Å². The average Bonchev–Trinajstić information content (AvgIpc) is 2.43. The molecular weight excluding hydrogens is 327 g/mol. The number of aromatic nitrogens is 2. The molecule has 116 valence electrons. The molecule has 0 amide bonds. The summed E-state index contributed by atoms with van der Waals surface area (Å²) in [5.74, 6) is 0.717. The molecule has 1 aromatic heterocycles. The first-order chi connectivity index (χ1) is 10.3. The van der Waals surface area contributed by atoms with Gasteiger partial charge in [0, 0.05) is 23.5 Å². The summed E-state index contributed by atoms with van der Waals surface area (Å²) in [4.78, 5) is 44.3. The van der Waals surface area contributed by atoms with E-state index in [9.17, 15) is 14.2 Å². The summed E-state index contributed by atoms with van der Waals surface area (Å²) in [6, 6.07) is 9.16. The van der Waals surface area contributed by atoms with Gasteiger partial charge in [0.25, 0.3) is 5.56 Å². The molecule has 0 aliphatic carbocycles. The van der Waals surface area contributed by atoms with Crippen LogP contribution in [0.1, 0.15) is 0 Å². The van der Waals surface area contributed by atoms with E-state index in [1.54, 1.807) is 0 Å². The fraction of sp³-hybridized carbons (Fsp3) is 0.0769. The lowest BCUT2D eigenvalue weighted by atomic mass is 10.4. The fourth-order valence-electron chi connectivity index (χ4n) is 1.61. The molecule has 0 fully saturated rings. The second-order valence-corrected chi connectivity index (χ2v) is 6.89. The van der Waals surface area contributed by atoms with E-state index in [4.69, 9.17) is 9.79 Å². The third-order valence-electron chi connectivity index (χ3n) is 2.55. The summed E-state index contributed by atoms with van der Waals surface area (Å²) in [6.45, 7) is -0.0525. The summed E-state index contributed by atoms with van der Waals surface area (Å²) in [7, 11) is -4.27. The largest absolute Gasteiger partial charge is 0.348 e. The van der Waals surface area contributed by atoms with E-state index < -0.39 is 18.8 Å². The molecule has 22 heavy (non-hydrogen) atoms. The Labute approximate surface area is 129 Å². The van der Waals surface area contributed by atoms with Crippen LogP contribution in [-0.4, -0.2) is 19.3 Å². The van der Waals surface area contributed by atoms with Crippen LogP contribution in [0.2, 0.25) is 0 Å². The highest BCUT2D eigenvalue weighted by molar-refractivity contribution is 7.99. The summed E-state index contributed by atoms with van der Waals surface area (Å²) in [6.07, 6.45) is 2.54. The Bertz CT molecular complexity index is 837. The van der Waals surface area contributed by atoms with Crippen molar-refractivity contribution in [2.75, 3.05) is 0 Å². The number of aromatic amines is 1. The first-order valence-electron chi connectivity index (χ1n) is 6.15. The molecule has 0 radical (unpaired) electrons. The maximum absolute atomic E-state index is 11.8. The van der Waals surface area contributed by atoms with Crippen molar-refractivity contribution in [3.8, 4) is 0 Å². The van der Waals surface area contributed by atoms with Crippen LogP contribution in [0.3, 0.4) is 0 Å². The van der Waals surface area contributed by atoms with Gasteiger partial charge in [-0.05, 0) is 12.1 Å². The lowest BCUT2D eigenvalue weighted by Crippen LogP contribution is -2.30. The van der Waals surface area contributed by atoms with Gasteiger partial charge in [-0.3, -0.25) is 18.9 Å². The van der Waals surface area contributed by atoms with Crippen molar-refractivity contribution in [3.05, 3.63) is 69.3 Å². The predicted molar refractivity (Wildman–Crippen MR) is 83.1 cm³/mol. The van der Waals surface area contributed by atoms with Gasteiger partial charge in [0.1, 0.15) is 0 Å². The minimum Gasteiger partial charge on any atom is -0.321 e. The summed E-state index contributed by atoms with van der Waals surface area (Å²) in [5, 5.41) is 0. The lowest BCUT2D eigenvalue weighted by molar-refractivity contribution is 0.386. The van der Waals surface area contributed by atoms with Crippen molar-refractivity contribution in [3.63, 3.8) is 0 Å². The molecule has 3 N–H and O–H groups in total. The number of rotatable bonds is 5. The molecule has 2 aromatic rings. The van der Waals surface area contributed by atoms with Gasteiger partial charge in [-0.15, -0.1) is 0 Å². The van der Waals surface area contributed by atoms with E-state index in [1.807, 2.05) is 30.3 Å². The molecule has 0 unspecified atom stereocenters. The number of nitrogens with one attached hydrogen (secondary N) is 1. The van der Waals surface area contributed by atoms with Crippen molar-refractivity contribution >= 4 is 19.4 Å². The third-order valence-corrected chi connectivity index (χ3v) is 4.17. The monoisotopic (exact) mass is 340 g/mol. The van der Waals surface area contributed by atoms with E-state index in [2.05, 4.69) is 4.98 Å². The zero-order chi connectivity index (χ0) is 16.2. The van der Waals surface area contributed by atoms with Crippen LogP contribution in [0.4, 0.5) is 0 Å². The van der Waals surface area contributed by atoms with Crippen molar-refractivity contribution in [1.29, 1.82) is 0 Å². The summed E-state index contributed by atoms with van der Waals surface area (Å²) in [5.41, 5.74) is -1.15. The zero-order valence-electron chi connectivity index (χ0n) is 11.2. The molecule has 0 bridgehead atoms. The molecule has 2 rings (SSSR count). The van der Waals surface area contributed by atoms with Crippen molar-refractivity contribution in [1.82, 2.24) is 9.55 Å². The molecule has 0 saturated carbocycles. The van der Waals surface area contributed by atoms with Gasteiger partial charge >= 0.3 is 13.3 Å². The lowest BCUT2D eigenvalue weighted by Gasteiger charge is -2.05. The van der Waals surface area contributed by atoms with Crippen LogP contribution < -0.4 is 11.2 Å². The Hall–Kier alpha value is -1.86. The van der Waals surface area contributed by atoms with E-state index in [1.165, 1.54) is 28.6 Å². The van der Waals surface area contributed by atoms with Gasteiger partial charge in [-0.2, -0.15) is 0 Å². The topological polar surface area (TPSA) is 112 Å². The Kier molecular flexibility index (Phi) is 5.20. The molecule has 9 heteroatoms. The van der Waals surface area contributed by atoms with Crippen LogP contribution in [0, 0.1) is 0 Å². The van der Waals surface area contributed by atoms with Crippen LogP contribution in [0.15, 0.2) is 67.8 Å². The Balaban J connectivity index is 2.27. The number of hydrogen-bond acceptors (Lipinski definition) is 4. The Morgan fingerprint density at radius 1 is 1.23 bits per heavy atom. The van der Waals surface area contributed by atoms with E-state index in [-0.39, 0.29) is 6.54 Å².